The Labute approximate surface area is 126 Å². The van der Waals surface area contributed by atoms with Crippen LogP contribution in [0.1, 0.15) is 39.0 Å². The van der Waals surface area contributed by atoms with Crippen LogP contribution in [0.3, 0.4) is 0 Å². The van der Waals surface area contributed by atoms with Crippen LogP contribution in [0.15, 0.2) is 0 Å². The minimum atomic E-state index is -0.286. The molecule has 0 radical (unpaired) electrons. The molecule has 6 heteroatoms. The summed E-state index contributed by atoms with van der Waals surface area (Å²) in [6.45, 7) is 3.13. The average molecular weight is 304 g/mol. The minimum absolute atomic E-state index is 0. The summed E-state index contributed by atoms with van der Waals surface area (Å²) in [5.41, 5.74) is 11.1. The van der Waals surface area contributed by atoms with Crippen molar-refractivity contribution >= 4 is 24.2 Å². The number of hydrogen-bond donors (Lipinski definition) is 2. The summed E-state index contributed by atoms with van der Waals surface area (Å²) in [4.78, 5) is 25.9. The highest BCUT2D eigenvalue weighted by Gasteiger charge is 2.39. The van der Waals surface area contributed by atoms with Crippen LogP contribution in [0.25, 0.3) is 0 Å². The van der Waals surface area contributed by atoms with Crippen LogP contribution in [0.4, 0.5) is 0 Å². The Balaban J connectivity index is 0.00000200. The molecule has 116 valence electrons. The third-order valence-electron chi connectivity index (χ3n) is 4.85. The Hall–Kier alpha value is -0.810. The number of hydrogen-bond acceptors (Lipinski definition) is 3. The Morgan fingerprint density at radius 2 is 1.90 bits per heavy atom. The highest BCUT2D eigenvalue weighted by molar-refractivity contribution is 5.85. The van der Waals surface area contributed by atoms with Crippen LogP contribution in [0.2, 0.25) is 0 Å². The number of carbonyl (C=O) groups excluding carboxylic acids is 2. The van der Waals surface area contributed by atoms with Gasteiger partial charge in [0.15, 0.2) is 0 Å². The third kappa shape index (κ3) is 3.44. The molecule has 2 amide bonds. The van der Waals surface area contributed by atoms with Gasteiger partial charge in [-0.3, -0.25) is 9.59 Å². The number of nitrogens with two attached hydrogens (primary N) is 2. The summed E-state index contributed by atoms with van der Waals surface area (Å²) in [6, 6.07) is 0.210. The number of likely N-dealkylation sites (tertiary alicyclic amines) is 1. The van der Waals surface area contributed by atoms with E-state index in [0.717, 1.165) is 32.1 Å². The molecule has 20 heavy (non-hydrogen) atoms. The Morgan fingerprint density at radius 1 is 1.20 bits per heavy atom. The molecular weight excluding hydrogens is 278 g/mol. The summed E-state index contributed by atoms with van der Waals surface area (Å²) in [6.07, 6.45) is 4.73. The fourth-order valence-electron chi connectivity index (χ4n) is 3.50. The molecule has 0 aromatic carbocycles. The van der Waals surface area contributed by atoms with Gasteiger partial charge in [-0.15, -0.1) is 12.4 Å². The van der Waals surface area contributed by atoms with Crippen LogP contribution in [-0.4, -0.2) is 35.8 Å². The van der Waals surface area contributed by atoms with Crippen molar-refractivity contribution in [3.63, 3.8) is 0 Å². The van der Waals surface area contributed by atoms with Gasteiger partial charge in [-0.25, -0.2) is 0 Å². The molecule has 4 N–H and O–H groups in total. The van der Waals surface area contributed by atoms with E-state index in [9.17, 15) is 9.59 Å². The number of halogens is 1. The molecule has 1 saturated heterocycles. The fraction of sp³-hybridized carbons (Fsp3) is 0.857. The molecule has 1 heterocycles. The van der Waals surface area contributed by atoms with Gasteiger partial charge < -0.3 is 16.4 Å². The monoisotopic (exact) mass is 303 g/mol. The van der Waals surface area contributed by atoms with Gasteiger partial charge in [0.1, 0.15) is 0 Å². The lowest BCUT2D eigenvalue weighted by Crippen LogP contribution is -2.51. The molecule has 0 bridgehead atoms. The van der Waals surface area contributed by atoms with Gasteiger partial charge in [0.2, 0.25) is 11.8 Å². The van der Waals surface area contributed by atoms with Crippen LogP contribution in [0, 0.1) is 17.8 Å². The van der Waals surface area contributed by atoms with Gasteiger partial charge in [0.25, 0.3) is 0 Å². The van der Waals surface area contributed by atoms with Crippen molar-refractivity contribution in [1.29, 1.82) is 0 Å². The van der Waals surface area contributed by atoms with Crippen molar-refractivity contribution < 1.29 is 9.59 Å². The van der Waals surface area contributed by atoms with E-state index in [4.69, 9.17) is 11.5 Å². The minimum Gasteiger partial charge on any atom is -0.369 e. The Morgan fingerprint density at radius 3 is 2.50 bits per heavy atom. The summed E-state index contributed by atoms with van der Waals surface area (Å²) in [5, 5.41) is 0. The SMILES string of the molecule is CC1CCC(C(N)=O)CN1C(=O)[C@@H]1CCC[C@@H]1CN.Cl. The summed E-state index contributed by atoms with van der Waals surface area (Å²) >= 11 is 0. The van der Waals surface area contributed by atoms with Crippen molar-refractivity contribution in [1.82, 2.24) is 4.90 Å². The molecule has 2 unspecified atom stereocenters. The highest BCUT2D eigenvalue weighted by Crippen LogP contribution is 2.34. The zero-order valence-corrected chi connectivity index (χ0v) is 12.9. The maximum atomic E-state index is 12.7. The van der Waals surface area contributed by atoms with Gasteiger partial charge in [0.05, 0.1) is 5.92 Å². The van der Waals surface area contributed by atoms with Crippen LogP contribution in [-0.2, 0) is 9.59 Å². The Kier molecular flexibility index (Phi) is 6.27. The maximum absolute atomic E-state index is 12.7. The van der Waals surface area contributed by atoms with Crippen molar-refractivity contribution in [2.24, 2.45) is 29.2 Å². The van der Waals surface area contributed by atoms with Crippen molar-refractivity contribution in [3.05, 3.63) is 0 Å². The number of rotatable bonds is 3. The lowest BCUT2D eigenvalue weighted by Gasteiger charge is -2.39. The predicted molar refractivity (Wildman–Crippen MR) is 80.2 cm³/mol. The van der Waals surface area contributed by atoms with Gasteiger partial charge in [-0.05, 0) is 45.1 Å². The number of nitrogens with zero attached hydrogens (tertiary/aromatic N) is 1. The lowest BCUT2D eigenvalue weighted by molar-refractivity contribution is -0.142. The first-order chi connectivity index (χ1) is 9.04. The van der Waals surface area contributed by atoms with Crippen LogP contribution in [0.5, 0.6) is 0 Å². The fourth-order valence-corrected chi connectivity index (χ4v) is 3.50. The second kappa shape index (κ2) is 7.27. The second-order valence-corrected chi connectivity index (χ2v) is 6.05. The van der Waals surface area contributed by atoms with E-state index < -0.39 is 0 Å². The molecule has 0 aromatic heterocycles. The van der Waals surface area contributed by atoms with E-state index in [-0.39, 0.29) is 42.1 Å². The predicted octanol–water partition coefficient (Wildman–Crippen LogP) is 0.896. The van der Waals surface area contributed by atoms with Crippen LogP contribution >= 0.6 is 12.4 Å². The standard InChI is InChI=1S/C14H25N3O2.ClH/c1-9-5-6-11(13(16)18)8-17(9)14(19)12-4-2-3-10(12)7-15;/h9-12H,2-8,15H2,1H3,(H2,16,18);1H/t9?,10-,11?,12-;/m1./s1. The smallest absolute Gasteiger partial charge is 0.226 e. The average Bonchev–Trinajstić information content (AvgIpc) is 2.86. The van der Waals surface area contributed by atoms with Crippen molar-refractivity contribution in [3.8, 4) is 0 Å². The number of piperidine rings is 1. The summed E-state index contributed by atoms with van der Waals surface area (Å²) < 4.78 is 0. The number of primary amides is 1. The van der Waals surface area contributed by atoms with Crippen molar-refractivity contribution in [2.75, 3.05) is 13.1 Å². The first-order valence-corrected chi connectivity index (χ1v) is 7.34. The highest BCUT2D eigenvalue weighted by atomic mass is 35.5. The molecule has 5 nitrogen and oxygen atoms in total. The molecule has 0 spiro atoms. The molecule has 1 aliphatic carbocycles. The first kappa shape index (κ1) is 17.2. The summed E-state index contributed by atoms with van der Waals surface area (Å²) in [7, 11) is 0. The molecule has 2 aliphatic rings. The number of amides is 2. The Bertz CT molecular complexity index is 364. The molecule has 1 aliphatic heterocycles. The molecule has 2 rings (SSSR count). The van der Waals surface area contributed by atoms with Gasteiger partial charge in [-0.2, -0.15) is 0 Å². The topological polar surface area (TPSA) is 89.4 Å². The molecular formula is C14H26ClN3O2. The normalized spacial score (nSPS) is 33.6. The van der Waals surface area contributed by atoms with Crippen LogP contribution < -0.4 is 11.5 Å². The van der Waals surface area contributed by atoms with E-state index in [1.807, 2.05) is 4.90 Å². The summed E-state index contributed by atoms with van der Waals surface area (Å²) in [5.74, 6) is 0.0866. The first-order valence-electron chi connectivity index (χ1n) is 7.34. The van der Waals surface area contributed by atoms with E-state index in [1.165, 1.54) is 0 Å². The maximum Gasteiger partial charge on any atom is 0.226 e. The van der Waals surface area contributed by atoms with Gasteiger partial charge in [0, 0.05) is 18.5 Å². The van der Waals surface area contributed by atoms with E-state index in [0.29, 0.717) is 19.0 Å². The van der Waals surface area contributed by atoms with Gasteiger partial charge >= 0.3 is 0 Å². The second-order valence-electron chi connectivity index (χ2n) is 6.05. The van der Waals surface area contributed by atoms with E-state index in [1.54, 1.807) is 0 Å². The third-order valence-corrected chi connectivity index (χ3v) is 4.85. The van der Waals surface area contributed by atoms with E-state index >= 15 is 0 Å². The lowest BCUT2D eigenvalue weighted by atomic mass is 9.89. The van der Waals surface area contributed by atoms with E-state index in [2.05, 4.69) is 6.92 Å². The largest absolute Gasteiger partial charge is 0.369 e. The van der Waals surface area contributed by atoms with Gasteiger partial charge in [-0.1, -0.05) is 6.42 Å². The molecule has 4 atom stereocenters. The molecule has 2 fully saturated rings. The zero-order valence-electron chi connectivity index (χ0n) is 12.1. The molecule has 1 saturated carbocycles. The number of carbonyl (C=O) groups is 2. The van der Waals surface area contributed by atoms with Crippen molar-refractivity contribution in [2.45, 2.75) is 45.1 Å². The quantitative estimate of drug-likeness (QED) is 0.811. The zero-order chi connectivity index (χ0) is 14.0. The molecule has 0 aromatic rings.